The number of ether oxygens (including phenoxy) is 2. The van der Waals surface area contributed by atoms with E-state index in [1.807, 2.05) is 19.9 Å². The predicted octanol–water partition coefficient (Wildman–Crippen LogP) is 4.75. The van der Waals surface area contributed by atoms with Crippen molar-refractivity contribution >= 4 is 11.9 Å². The zero-order valence-electron chi connectivity index (χ0n) is 18.6. The molecule has 1 heterocycles. The monoisotopic (exact) mass is 429 g/mol. The molecule has 0 saturated carbocycles. The Kier molecular flexibility index (Phi) is 9.19. The summed E-state index contributed by atoms with van der Waals surface area (Å²) in [7, 11) is 0. The Morgan fingerprint density at radius 3 is 2.65 bits per heavy atom. The Hall–Kier alpha value is -2.73. The first-order valence-electron chi connectivity index (χ1n) is 10.6. The Morgan fingerprint density at radius 1 is 1.32 bits per heavy atom. The van der Waals surface area contributed by atoms with Gasteiger partial charge in [-0.3, -0.25) is 4.79 Å². The van der Waals surface area contributed by atoms with Crippen molar-refractivity contribution in [1.29, 1.82) is 0 Å². The van der Waals surface area contributed by atoms with E-state index in [4.69, 9.17) is 9.47 Å². The van der Waals surface area contributed by atoms with Crippen LogP contribution in [0, 0.1) is 11.7 Å². The molecule has 0 bridgehead atoms. The molecule has 5 nitrogen and oxygen atoms in total. The second-order valence-electron chi connectivity index (χ2n) is 8.07. The van der Waals surface area contributed by atoms with Gasteiger partial charge in [0.25, 0.3) is 0 Å². The largest absolute Gasteiger partial charge is 0.455 e. The molecule has 31 heavy (non-hydrogen) atoms. The van der Waals surface area contributed by atoms with Gasteiger partial charge in [-0.2, -0.15) is 0 Å². The summed E-state index contributed by atoms with van der Waals surface area (Å²) in [6.45, 7) is 11.5. The van der Waals surface area contributed by atoms with E-state index >= 15 is 0 Å². The fourth-order valence-electron chi connectivity index (χ4n) is 3.41. The highest BCUT2D eigenvalue weighted by atomic mass is 19.1. The molecule has 1 N–H and O–H groups in total. The van der Waals surface area contributed by atoms with Crippen LogP contribution in [-0.2, 0) is 14.3 Å². The van der Waals surface area contributed by atoms with Crippen molar-refractivity contribution in [3.05, 3.63) is 72.1 Å². The van der Waals surface area contributed by atoms with Gasteiger partial charge in [-0.15, -0.1) is 0 Å². The minimum Gasteiger partial charge on any atom is -0.455 e. The number of carbonyl (C=O) groups is 2. The average molecular weight is 430 g/mol. The van der Waals surface area contributed by atoms with Crippen molar-refractivity contribution in [1.82, 2.24) is 5.32 Å². The zero-order chi connectivity index (χ0) is 23.0. The summed E-state index contributed by atoms with van der Waals surface area (Å²) in [4.78, 5) is 24.4. The lowest BCUT2D eigenvalue weighted by atomic mass is 9.88. The molecule has 1 aromatic rings. The van der Waals surface area contributed by atoms with Gasteiger partial charge >= 0.3 is 5.97 Å². The maximum atomic E-state index is 13.0. The van der Waals surface area contributed by atoms with Crippen molar-refractivity contribution in [3.8, 4) is 0 Å². The SMILES string of the molecule is C=C/C(C)=C/C[C@@H]1O[C@H](C)[C@H](NC(=O)/C=C\C(C)OC(=O)c2ccc(F)cc2)C[C@@H]1C. The van der Waals surface area contributed by atoms with Crippen molar-refractivity contribution in [2.75, 3.05) is 0 Å². The van der Waals surface area contributed by atoms with Gasteiger partial charge in [0.2, 0.25) is 5.91 Å². The molecule has 1 fully saturated rings. The van der Waals surface area contributed by atoms with Crippen LogP contribution in [0.25, 0.3) is 0 Å². The minimum atomic E-state index is -0.605. The highest BCUT2D eigenvalue weighted by Crippen LogP contribution is 2.28. The normalized spacial score (nSPS) is 25.1. The van der Waals surface area contributed by atoms with Crippen LogP contribution in [0.4, 0.5) is 4.39 Å². The molecule has 0 spiro atoms. The third-order valence-electron chi connectivity index (χ3n) is 5.43. The minimum absolute atomic E-state index is 0.0926. The van der Waals surface area contributed by atoms with Crippen LogP contribution in [0.2, 0.25) is 0 Å². The van der Waals surface area contributed by atoms with Gasteiger partial charge < -0.3 is 14.8 Å². The maximum absolute atomic E-state index is 13.0. The highest BCUT2D eigenvalue weighted by molar-refractivity contribution is 5.90. The number of carbonyl (C=O) groups excluding carboxylic acids is 2. The van der Waals surface area contributed by atoms with Crippen LogP contribution in [-0.4, -0.2) is 36.2 Å². The van der Waals surface area contributed by atoms with Gasteiger partial charge in [-0.05, 0) is 69.9 Å². The van der Waals surface area contributed by atoms with Crippen molar-refractivity contribution in [2.45, 2.75) is 64.9 Å². The fraction of sp³-hybridized carbons (Fsp3) is 0.440. The van der Waals surface area contributed by atoms with Crippen molar-refractivity contribution < 1.29 is 23.5 Å². The van der Waals surface area contributed by atoms with Gasteiger partial charge in [-0.25, -0.2) is 9.18 Å². The number of allylic oxidation sites excluding steroid dienone is 2. The van der Waals surface area contributed by atoms with E-state index in [-0.39, 0.29) is 29.7 Å². The number of halogens is 1. The Labute approximate surface area is 184 Å². The standard InChI is InChI=1S/C25H32FNO4/c1-6-16(2)7-13-23-17(3)15-22(19(5)31-23)27-24(28)14-8-18(4)30-25(29)20-9-11-21(26)12-10-20/h6-12,14,17-19,22-23H,1,13,15H2,2-5H3,(H,27,28)/b14-8-,16-7+/t17-,18?,19+,22+,23-/m0/s1. The van der Waals surface area contributed by atoms with Crippen LogP contribution < -0.4 is 5.32 Å². The molecule has 1 amide bonds. The van der Waals surface area contributed by atoms with E-state index in [1.165, 1.54) is 36.4 Å². The summed E-state index contributed by atoms with van der Waals surface area (Å²) in [6.07, 6.45) is 7.86. The average Bonchev–Trinajstić information content (AvgIpc) is 2.73. The number of hydrogen-bond donors (Lipinski definition) is 1. The Morgan fingerprint density at radius 2 is 2.00 bits per heavy atom. The van der Waals surface area contributed by atoms with E-state index in [1.54, 1.807) is 6.92 Å². The van der Waals surface area contributed by atoms with Crippen molar-refractivity contribution in [3.63, 3.8) is 0 Å². The summed E-state index contributed by atoms with van der Waals surface area (Å²) in [5, 5.41) is 2.98. The second kappa shape index (κ2) is 11.6. The number of amides is 1. The van der Waals surface area contributed by atoms with Crippen molar-refractivity contribution in [2.24, 2.45) is 5.92 Å². The molecule has 168 valence electrons. The van der Waals surface area contributed by atoms with Gasteiger partial charge in [0.05, 0.1) is 23.8 Å². The maximum Gasteiger partial charge on any atom is 0.338 e. The number of benzene rings is 1. The molecule has 6 heteroatoms. The smallest absolute Gasteiger partial charge is 0.338 e. The summed E-state index contributed by atoms with van der Waals surface area (Å²) in [5.74, 6) is -0.966. The van der Waals surface area contributed by atoms with E-state index in [2.05, 4.69) is 24.9 Å². The van der Waals surface area contributed by atoms with Crippen LogP contribution in [0.15, 0.2) is 60.7 Å². The van der Waals surface area contributed by atoms with Crippen LogP contribution in [0.5, 0.6) is 0 Å². The van der Waals surface area contributed by atoms with E-state index < -0.39 is 17.9 Å². The van der Waals surface area contributed by atoms with E-state index in [0.29, 0.717) is 5.92 Å². The number of esters is 1. The molecule has 1 saturated heterocycles. The first-order chi connectivity index (χ1) is 14.7. The summed E-state index contributed by atoms with van der Waals surface area (Å²) in [5.41, 5.74) is 1.37. The molecule has 2 rings (SSSR count). The van der Waals surface area contributed by atoms with Crippen LogP contribution in [0.3, 0.4) is 0 Å². The van der Waals surface area contributed by atoms with E-state index in [0.717, 1.165) is 18.4 Å². The lowest BCUT2D eigenvalue weighted by Crippen LogP contribution is -2.50. The van der Waals surface area contributed by atoms with Gasteiger partial charge in [0, 0.05) is 6.08 Å². The molecule has 0 radical (unpaired) electrons. The summed E-state index contributed by atoms with van der Waals surface area (Å²) < 4.78 is 24.3. The van der Waals surface area contributed by atoms with E-state index in [9.17, 15) is 14.0 Å². The predicted molar refractivity (Wildman–Crippen MR) is 119 cm³/mol. The molecule has 0 aromatic heterocycles. The summed E-state index contributed by atoms with van der Waals surface area (Å²) >= 11 is 0. The van der Waals surface area contributed by atoms with Gasteiger partial charge in [0.1, 0.15) is 11.9 Å². The van der Waals surface area contributed by atoms with Crippen LogP contribution >= 0.6 is 0 Å². The number of hydrogen-bond acceptors (Lipinski definition) is 4. The fourth-order valence-corrected chi connectivity index (χ4v) is 3.41. The second-order valence-corrected chi connectivity index (χ2v) is 8.07. The Balaban J connectivity index is 1.83. The third-order valence-corrected chi connectivity index (χ3v) is 5.43. The Bertz CT molecular complexity index is 830. The highest BCUT2D eigenvalue weighted by Gasteiger charge is 2.33. The first kappa shape index (κ1) is 24.5. The lowest BCUT2D eigenvalue weighted by Gasteiger charge is -2.39. The molecule has 1 unspecified atom stereocenters. The third kappa shape index (κ3) is 7.79. The molecule has 1 aliphatic heterocycles. The number of rotatable bonds is 8. The molecule has 1 aromatic carbocycles. The summed E-state index contributed by atoms with van der Waals surface area (Å²) in [6, 6.07) is 5.01. The quantitative estimate of drug-likeness (QED) is 0.368. The molecular formula is C25H32FNO4. The lowest BCUT2D eigenvalue weighted by molar-refractivity contribution is -0.123. The zero-order valence-corrected chi connectivity index (χ0v) is 18.6. The van der Waals surface area contributed by atoms with Gasteiger partial charge in [0.15, 0.2) is 0 Å². The molecular weight excluding hydrogens is 397 g/mol. The molecule has 1 aliphatic rings. The molecule has 0 aliphatic carbocycles. The topological polar surface area (TPSA) is 64.6 Å². The number of nitrogens with one attached hydrogen (secondary N) is 1. The van der Waals surface area contributed by atoms with Crippen LogP contribution in [0.1, 0.15) is 50.9 Å². The van der Waals surface area contributed by atoms with Gasteiger partial charge in [-0.1, -0.05) is 31.2 Å². The first-order valence-corrected chi connectivity index (χ1v) is 10.6. The molecule has 5 atom stereocenters.